The lowest BCUT2D eigenvalue weighted by molar-refractivity contribution is -0.120. The van der Waals surface area contributed by atoms with E-state index in [4.69, 9.17) is 4.52 Å². The summed E-state index contributed by atoms with van der Waals surface area (Å²) in [5.41, 5.74) is 2.29. The van der Waals surface area contributed by atoms with E-state index in [0.717, 1.165) is 11.1 Å². The minimum atomic E-state index is -0.103. The standard InChI is InChI=1S/C17H20N6O2/c1-23(2)12-9-16(21-20-11-12)18-7-8-19-17(24)10-14-13-5-3-4-6-15(13)25-22-14/h3-6,9,11H,7-8,10H2,1-2H3,(H,18,21)(H,19,24). The molecule has 0 atom stereocenters. The van der Waals surface area contributed by atoms with Gasteiger partial charge in [0.05, 0.1) is 18.3 Å². The van der Waals surface area contributed by atoms with E-state index in [9.17, 15) is 4.79 Å². The van der Waals surface area contributed by atoms with Crippen LogP contribution < -0.4 is 15.5 Å². The number of carbonyl (C=O) groups excluding carboxylic acids is 1. The molecule has 2 heterocycles. The minimum Gasteiger partial charge on any atom is -0.376 e. The van der Waals surface area contributed by atoms with Crippen molar-refractivity contribution in [1.82, 2.24) is 20.7 Å². The van der Waals surface area contributed by atoms with E-state index in [1.807, 2.05) is 49.3 Å². The molecule has 8 nitrogen and oxygen atoms in total. The normalized spacial score (nSPS) is 10.6. The fourth-order valence-corrected chi connectivity index (χ4v) is 2.36. The predicted molar refractivity (Wildman–Crippen MR) is 95.6 cm³/mol. The first-order valence-corrected chi connectivity index (χ1v) is 7.97. The summed E-state index contributed by atoms with van der Waals surface area (Å²) in [4.78, 5) is 14.0. The Morgan fingerprint density at radius 3 is 2.92 bits per heavy atom. The summed E-state index contributed by atoms with van der Waals surface area (Å²) in [6.45, 7) is 1.03. The minimum absolute atomic E-state index is 0.103. The Morgan fingerprint density at radius 2 is 2.08 bits per heavy atom. The van der Waals surface area contributed by atoms with Crippen LogP contribution in [-0.4, -0.2) is 48.4 Å². The second-order valence-corrected chi connectivity index (χ2v) is 5.77. The van der Waals surface area contributed by atoms with Crippen LogP contribution in [0.15, 0.2) is 41.1 Å². The van der Waals surface area contributed by atoms with Gasteiger partial charge < -0.3 is 20.1 Å². The smallest absolute Gasteiger partial charge is 0.226 e. The van der Waals surface area contributed by atoms with Crippen LogP contribution in [0.5, 0.6) is 0 Å². The molecular formula is C17H20N6O2. The van der Waals surface area contributed by atoms with Crippen LogP contribution in [0.2, 0.25) is 0 Å². The first-order chi connectivity index (χ1) is 12.1. The lowest BCUT2D eigenvalue weighted by Gasteiger charge is -2.12. The van der Waals surface area contributed by atoms with Gasteiger partial charge in [0, 0.05) is 38.6 Å². The number of anilines is 2. The summed E-state index contributed by atoms with van der Waals surface area (Å²) in [5.74, 6) is 0.567. The topological polar surface area (TPSA) is 96.2 Å². The Kier molecular flexibility index (Phi) is 5.08. The summed E-state index contributed by atoms with van der Waals surface area (Å²) < 4.78 is 5.20. The molecule has 2 N–H and O–H groups in total. The number of rotatable bonds is 7. The van der Waals surface area contributed by atoms with Gasteiger partial charge in [-0.3, -0.25) is 4.79 Å². The Bertz CT molecular complexity index is 861. The van der Waals surface area contributed by atoms with E-state index < -0.39 is 0 Å². The maximum Gasteiger partial charge on any atom is 0.226 e. The van der Waals surface area contributed by atoms with E-state index in [1.54, 1.807) is 6.20 Å². The van der Waals surface area contributed by atoms with E-state index in [-0.39, 0.29) is 12.3 Å². The molecule has 25 heavy (non-hydrogen) atoms. The molecule has 0 unspecified atom stereocenters. The number of fused-ring (bicyclic) bond motifs is 1. The zero-order valence-corrected chi connectivity index (χ0v) is 14.2. The van der Waals surface area contributed by atoms with Crippen LogP contribution in [0.4, 0.5) is 11.5 Å². The molecule has 0 radical (unpaired) electrons. The molecule has 8 heteroatoms. The SMILES string of the molecule is CN(C)c1cnnc(NCCNC(=O)Cc2noc3ccccc23)c1. The number of nitrogens with zero attached hydrogens (tertiary/aromatic N) is 4. The van der Waals surface area contributed by atoms with E-state index in [2.05, 4.69) is 26.0 Å². The molecule has 0 aliphatic heterocycles. The molecule has 1 amide bonds. The van der Waals surface area contributed by atoms with Gasteiger partial charge in [0.2, 0.25) is 5.91 Å². The molecule has 0 saturated heterocycles. The van der Waals surface area contributed by atoms with E-state index in [0.29, 0.717) is 30.2 Å². The fourth-order valence-electron chi connectivity index (χ4n) is 2.36. The summed E-state index contributed by atoms with van der Waals surface area (Å²) in [5, 5.41) is 18.8. The number of amides is 1. The van der Waals surface area contributed by atoms with Crippen LogP contribution in [0.25, 0.3) is 11.0 Å². The molecule has 3 aromatic rings. The maximum absolute atomic E-state index is 12.1. The van der Waals surface area contributed by atoms with Gasteiger partial charge in [-0.15, -0.1) is 5.10 Å². The second-order valence-electron chi connectivity index (χ2n) is 5.77. The summed E-state index contributed by atoms with van der Waals surface area (Å²) in [6, 6.07) is 9.39. The second kappa shape index (κ2) is 7.61. The van der Waals surface area contributed by atoms with Gasteiger partial charge >= 0.3 is 0 Å². The highest BCUT2D eigenvalue weighted by molar-refractivity contribution is 5.86. The van der Waals surface area contributed by atoms with E-state index >= 15 is 0 Å². The quantitative estimate of drug-likeness (QED) is 0.629. The Balaban J connectivity index is 1.46. The van der Waals surface area contributed by atoms with Crippen LogP contribution in [0.3, 0.4) is 0 Å². The average Bonchev–Trinajstić information content (AvgIpc) is 3.02. The molecule has 0 aliphatic rings. The zero-order chi connectivity index (χ0) is 17.6. The number of benzene rings is 1. The van der Waals surface area contributed by atoms with Gasteiger partial charge in [0.25, 0.3) is 0 Å². The monoisotopic (exact) mass is 340 g/mol. The summed E-state index contributed by atoms with van der Waals surface area (Å²) >= 11 is 0. The molecule has 0 bridgehead atoms. The molecule has 2 aromatic heterocycles. The van der Waals surface area contributed by atoms with Crippen molar-refractivity contribution in [3.05, 3.63) is 42.2 Å². The molecule has 0 aliphatic carbocycles. The van der Waals surface area contributed by atoms with Crippen LogP contribution >= 0.6 is 0 Å². The van der Waals surface area contributed by atoms with Crippen molar-refractivity contribution in [1.29, 1.82) is 0 Å². The molecule has 1 aromatic carbocycles. The number of carbonyl (C=O) groups is 1. The summed E-state index contributed by atoms with van der Waals surface area (Å²) in [6.07, 6.45) is 1.88. The average molecular weight is 340 g/mol. The van der Waals surface area contributed by atoms with Crippen molar-refractivity contribution < 1.29 is 9.32 Å². The van der Waals surface area contributed by atoms with Crippen LogP contribution in [0, 0.1) is 0 Å². The Hall–Kier alpha value is -3.16. The van der Waals surface area contributed by atoms with Crippen LogP contribution in [-0.2, 0) is 11.2 Å². The maximum atomic E-state index is 12.1. The van der Waals surface area contributed by atoms with Gasteiger partial charge in [-0.05, 0) is 12.1 Å². The summed E-state index contributed by atoms with van der Waals surface area (Å²) in [7, 11) is 3.88. The van der Waals surface area contributed by atoms with Crippen molar-refractivity contribution in [2.24, 2.45) is 0 Å². The van der Waals surface area contributed by atoms with Gasteiger partial charge in [0.1, 0.15) is 5.69 Å². The van der Waals surface area contributed by atoms with Crippen molar-refractivity contribution >= 4 is 28.4 Å². The molecular weight excluding hydrogens is 320 g/mol. The van der Waals surface area contributed by atoms with Crippen molar-refractivity contribution in [3.8, 4) is 0 Å². The number of nitrogens with one attached hydrogen (secondary N) is 2. The largest absolute Gasteiger partial charge is 0.376 e. The highest BCUT2D eigenvalue weighted by Gasteiger charge is 2.11. The third-order valence-corrected chi connectivity index (χ3v) is 3.69. The Morgan fingerprint density at radius 1 is 1.24 bits per heavy atom. The first kappa shape index (κ1) is 16.7. The van der Waals surface area contributed by atoms with Gasteiger partial charge in [-0.2, -0.15) is 5.10 Å². The van der Waals surface area contributed by atoms with Gasteiger partial charge in [0.15, 0.2) is 11.4 Å². The lowest BCUT2D eigenvalue weighted by Crippen LogP contribution is -2.30. The highest BCUT2D eigenvalue weighted by atomic mass is 16.5. The predicted octanol–water partition coefficient (Wildman–Crippen LogP) is 1.45. The zero-order valence-electron chi connectivity index (χ0n) is 14.2. The van der Waals surface area contributed by atoms with Crippen molar-refractivity contribution in [2.75, 3.05) is 37.4 Å². The molecule has 0 saturated carbocycles. The van der Waals surface area contributed by atoms with Crippen molar-refractivity contribution in [2.45, 2.75) is 6.42 Å². The molecule has 0 spiro atoms. The van der Waals surface area contributed by atoms with Crippen LogP contribution in [0.1, 0.15) is 5.69 Å². The number of hydrogen-bond donors (Lipinski definition) is 2. The number of hydrogen-bond acceptors (Lipinski definition) is 7. The molecule has 0 fully saturated rings. The third-order valence-electron chi connectivity index (χ3n) is 3.69. The lowest BCUT2D eigenvalue weighted by atomic mass is 10.1. The molecule has 3 rings (SSSR count). The van der Waals surface area contributed by atoms with E-state index in [1.165, 1.54) is 0 Å². The van der Waals surface area contributed by atoms with Gasteiger partial charge in [-0.1, -0.05) is 17.3 Å². The first-order valence-electron chi connectivity index (χ1n) is 7.97. The highest BCUT2D eigenvalue weighted by Crippen LogP contribution is 2.18. The number of aromatic nitrogens is 3. The Labute approximate surface area is 145 Å². The van der Waals surface area contributed by atoms with Gasteiger partial charge in [-0.25, -0.2) is 0 Å². The molecule has 130 valence electrons. The third kappa shape index (κ3) is 4.23. The van der Waals surface area contributed by atoms with Crippen molar-refractivity contribution in [3.63, 3.8) is 0 Å². The fraction of sp³-hybridized carbons (Fsp3) is 0.294. The number of para-hydroxylation sites is 1.